The number of rotatable bonds is 12. The molecule has 0 aromatic rings. The van der Waals surface area contributed by atoms with Crippen LogP contribution in [0, 0.1) is 0 Å². The van der Waals surface area contributed by atoms with E-state index in [0.717, 1.165) is 0 Å². The second-order valence-corrected chi connectivity index (χ2v) is 5.12. The van der Waals surface area contributed by atoms with E-state index in [1.54, 1.807) is 0 Å². The maximum absolute atomic E-state index is 11.4. The van der Waals surface area contributed by atoms with Crippen molar-refractivity contribution in [3.8, 4) is 0 Å². The summed E-state index contributed by atoms with van der Waals surface area (Å²) in [6, 6.07) is 0. The Morgan fingerprint density at radius 3 is 0.893 bits per heavy atom. The first-order valence-corrected chi connectivity index (χ1v) is 8.06. The van der Waals surface area contributed by atoms with Crippen LogP contribution in [0.25, 0.3) is 0 Å². The van der Waals surface area contributed by atoms with Gasteiger partial charge in [0, 0.05) is 0 Å². The highest BCUT2D eigenvalue weighted by molar-refractivity contribution is 5.88. The summed E-state index contributed by atoms with van der Waals surface area (Å²) in [6.45, 7) is 0. The third kappa shape index (κ3) is 15.9. The van der Waals surface area contributed by atoms with E-state index in [-0.39, 0.29) is 38.5 Å². The van der Waals surface area contributed by atoms with Crippen LogP contribution < -0.4 is 0 Å². The summed E-state index contributed by atoms with van der Waals surface area (Å²) in [5.74, 6) is -5.52. The summed E-state index contributed by atoms with van der Waals surface area (Å²) >= 11 is 0. The van der Waals surface area contributed by atoms with Crippen molar-refractivity contribution in [3.63, 3.8) is 0 Å². The molecular formula is C18H20O10. The molecule has 2 N–H and O–H groups in total. The van der Waals surface area contributed by atoms with Crippen LogP contribution in [0.2, 0.25) is 0 Å². The Hall–Kier alpha value is -3.56. The molecule has 0 bridgehead atoms. The minimum Gasteiger partial charge on any atom is -0.481 e. The molecule has 0 aliphatic rings. The van der Waals surface area contributed by atoms with Gasteiger partial charge in [0.25, 0.3) is 0 Å². The number of aliphatic carboxylic acids is 2. The Labute approximate surface area is 160 Å². The molecule has 10 heteroatoms. The monoisotopic (exact) mass is 396 g/mol. The number of carboxylic acid groups (broad SMARTS) is 2. The van der Waals surface area contributed by atoms with Gasteiger partial charge in [0.2, 0.25) is 0 Å². The summed E-state index contributed by atoms with van der Waals surface area (Å²) in [5.41, 5.74) is 0. The Kier molecular flexibility index (Phi) is 12.7. The zero-order valence-electron chi connectivity index (χ0n) is 14.9. The fourth-order valence-electron chi connectivity index (χ4n) is 1.51. The van der Waals surface area contributed by atoms with Crippen LogP contribution in [0.5, 0.6) is 0 Å². The Balaban J connectivity index is 3.99. The topological polar surface area (TPSA) is 161 Å². The van der Waals surface area contributed by atoms with Crippen LogP contribution in [-0.2, 0) is 38.2 Å². The van der Waals surface area contributed by atoms with Gasteiger partial charge in [0.15, 0.2) is 0 Å². The molecule has 10 nitrogen and oxygen atoms in total. The van der Waals surface area contributed by atoms with Gasteiger partial charge in [-0.15, -0.1) is 0 Å². The van der Waals surface area contributed by atoms with Crippen LogP contribution in [0.15, 0.2) is 36.5 Å². The van der Waals surface area contributed by atoms with Gasteiger partial charge in [-0.25, -0.2) is 0 Å². The average Bonchev–Trinajstić information content (AvgIpc) is 2.59. The minimum absolute atomic E-state index is 0.249. The Morgan fingerprint density at radius 1 is 0.464 bits per heavy atom. The highest BCUT2D eigenvalue weighted by Crippen LogP contribution is 1.98. The number of carbonyl (C=O) groups excluding carboxylic acids is 4. The molecule has 0 radical (unpaired) electrons. The molecule has 152 valence electrons. The van der Waals surface area contributed by atoms with E-state index in [2.05, 4.69) is 9.47 Å². The second kappa shape index (κ2) is 14.6. The number of ether oxygens (including phenoxy) is 2. The summed E-state index contributed by atoms with van der Waals surface area (Å²) in [4.78, 5) is 65.8. The SMILES string of the molecule is O=C(O)CC=CCC(=O)OC(=O)CC=CCC(=O)OC(=O)CC=CCC(=O)O. The van der Waals surface area contributed by atoms with Crippen molar-refractivity contribution in [2.45, 2.75) is 38.5 Å². The molecule has 0 aliphatic heterocycles. The van der Waals surface area contributed by atoms with Gasteiger partial charge in [-0.1, -0.05) is 36.5 Å². The average molecular weight is 396 g/mol. The highest BCUT2D eigenvalue weighted by atomic mass is 16.6. The molecular weight excluding hydrogens is 376 g/mol. The summed E-state index contributed by atoms with van der Waals surface area (Å²) < 4.78 is 8.91. The van der Waals surface area contributed by atoms with Gasteiger partial charge >= 0.3 is 35.8 Å². The van der Waals surface area contributed by atoms with Gasteiger partial charge in [0.05, 0.1) is 38.5 Å². The largest absolute Gasteiger partial charge is 0.481 e. The molecule has 0 atom stereocenters. The smallest absolute Gasteiger partial charge is 0.317 e. The highest BCUT2D eigenvalue weighted by Gasteiger charge is 2.09. The van der Waals surface area contributed by atoms with Crippen molar-refractivity contribution < 1.29 is 48.5 Å². The Bertz CT molecular complexity index is 626. The normalized spacial score (nSPS) is 11.0. The van der Waals surface area contributed by atoms with Crippen LogP contribution in [0.1, 0.15) is 38.5 Å². The maximum Gasteiger partial charge on any atom is 0.317 e. The first kappa shape index (κ1) is 24.4. The van der Waals surface area contributed by atoms with Gasteiger partial charge in [0.1, 0.15) is 0 Å². The predicted octanol–water partition coefficient (Wildman–Crippen LogP) is 1.30. The van der Waals surface area contributed by atoms with E-state index in [4.69, 9.17) is 10.2 Å². The first-order chi connectivity index (χ1) is 13.2. The molecule has 0 amide bonds. The summed E-state index contributed by atoms with van der Waals surface area (Å²) in [7, 11) is 0. The first-order valence-electron chi connectivity index (χ1n) is 8.06. The molecule has 0 unspecified atom stereocenters. The zero-order valence-corrected chi connectivity index (χ0v) is 14.9. The number of esters is 4. The second-order valence-electron chi connectivity index (χ2n) is 5.12. The van der Waals surface area contributed by atoms with E-state index >= 15 is 0 Å². The lowest BCUT2D eigenvalue weighted by Gasteiger charge is -1.99. The molecule has 0 saturated carbocycles. The number of carboxylic acids is 2. The van der Waals surface area contributed by atoms with Crippen molar-refractivity contribution >= 4 is 35.8 Å². The molecule has 0 fully saturated rings. The third-order valence-electron chi connectivity index (χ3n) is 2.68. The van der Waals surface area contributed by atoms with Crippen molar-refractivity contribution in [2.24, 2.45) is 0 Å². The van der Waals surface area contributed by atoms with E-state index in [1.807, 2.05) is 0 Å². The molecule has 28 heavy (non-hydrogen) atoms. The lowest BCUT2D eigenvalue weighted by molar-refractivity contribution is -0.160. The van der Waals surface area contributed by atoms with Crippen molar-refractivity contribution in [1.82, 2.24) is 0 Å². The maximum atomic E-state index is 11.4. The van der Waals surface area contributed by atoms with Crippen molar-refractivity contribution in [2.75, 3.05) is 0 Å². The van der Waals surface area contributed by atoms with Crippen LogP contribution >= 0.6 is 0 Å². The molecule has 0 aliphatic carbocycles. The summed E-state index contributed by atoms with van der Waals surface area (Å²) in [5, 5.41) is 16.8. The van der Waals surface area contributed by atoms with Gasteiger partial charge in [-0.05, 0) is 0 Å². The molecule has 0 aromatic carbocycles. The van der Waals surface area contributed by atoms with E-state index in [1.165, 1.54) is 36.5 Å². The molecule has 0 saturated heterocycles. The van der Waals surface area contributed by atoms with Crippen LogP contribution in [-0.4, -0.2) is 46.0 Å². The van der Waals surface area contributed by atoms with Gasteiger partial charge in [-0.3, -0.25) is 28.8 Å². The number of carbonyl (C=O) groups is 6. The molecule has 0 rings (SSSR count). The van der Waals surface area contributed by atoms with E-state index in [9.17, 15) is 28.8 Å². The fourth-order valence-corrected chi connectivity index (χ4v) is 1.51. The minimum atomic E-state index is -1.05. The van der Waals surface area contributed by atoms with E-state index < -0.39 is 35.8 Å². The molecule has 0 heterocycles. The summed E-state index contributed by atoms with van der Waals surface area (Å²) in [6.07, 6.45) is 5.98. The standard InChI is InChI=1S/C18H20O10/c19-13(20)7-1-3-9-15(23)27-17(25)11-5-6-12-18(26)28-16(24)10-4-2-8-14(21)22/h1-6H,7-12H2,(H,19,20)(H,21,22). The van der Waals surface area contributed by atoms with Gasteiger partial charge < -0.3 is 19.7 Å². The van der Waals surface area contributed by atoms with Crippen molar-refractivity contribution in [3.05, 3.63) is 36.5 Å². The third-order valence-corrected chi connectivity index (χ3v) is 2.68. The predicted molar refractivity (Wildman–Crippen MR) is 92.6 cm³/mol. The zero-order chi connectivity index (χ0) is 21.4. The fraction of sp³-hybridized carbons (Fsp3) is 0.333. The number of hydrogen-bond donors (Lipinski definition) is 2. The Morgan fingerprint density at radius 2 is 0.679 bits per heavy atom. The lowest BCUT2D eigenvalue weighted by Crippen LogP contribution is -2.11. The van der Waals surface area contributed by atoms with Crippen LogP contribution in [0.4, 0.5) is 0 Å². The number of hydrogen-bond acceptors (Lipinski definition) is 8. The quantitative estimate of drug-likeness (QED) is 0.279. The van der Waals surface area contributed by atoms with Gasteiger partial charge in [-0.2, -0.15) is 0 Å². The van der Waals surface area contributed by atoms with Crippen molar-refractivity contribution in [1.29, 1.82) is 0 Å². The molecule has 0 spiro atoms. The van der Waals surface area contributed by atoms with E-state index in [0.29, 0.717) is 0 Å². The van der Waals surface area contributed by atoms with Crippen LogP contribution in [0.3, 0.4) is 0 Å². The lowest BCUT2D eigenvalue weighted by atomic mass is 10.3. The molecule has 0 aromatic heterocycles.